The van der Waals surface area contributed by atoms with Crippen molar-refractivity contribution in [2.75, 3.05) is 12.4 Å². The summed E-state index contributed by atoms with van der Waals surface area (Å²) in [7, 11) is 1.52. The average molecular weight is 339 g/mol. The maximum absolute atomic E-state index is 12.2. The number of esters is 1. The molecule has 0 spiro atoms. The molecule has 0 bridgehead atoms. The third-order valence-electron chi connectivity index (χ3n) is 3.48. The van der Waals surface area contributed by atoms with Crippen LogP contribution in [-0.2, 0) is 14.3 Å². The number of anilines is 1. The van der Waals surface area contributed by atoms with Crippen LogP contribution in [0.25, 0.3) is 6.08 Å². The van der Waals surface area contributed by atoms with Crippen molar-refractivity contribution in [3.63, 3.8) is 0 Å². The van der Waals surface area contributed by atoms with Crippen LogP contribution in [0.4, 0.5) is 5.69 Å². The van der Waals surface area contributed by atoms with E-state index >= 15 is 0 Å². The number of aryl methyl sites for hydroxylation is 1. The monoisotopic (exact) mass is 339 g/mol. The Morgan fingerprint density at radius 3 is 2.60 bits per heavy atom. The highest BCUT2D eigenvalue weighted by Gasteiger charge is 2.18. The number of nitrogens with one attached hydrogen (secondary N) is 1. The van der Waals surface area contributed by atoms with E-state index in [0.717, 1.165) is 11.1 Å². The van der Waals surface area contributed by atoms with Crippen molar-refractivity contribution >= 4 is 23.6 Å². The van der Waals surface area contributed by atoms with Gasteiger partial charge in [0.05, 0.1) is 12.8 Å². The first-order valence-electron chi connectivity index (χ1n) is 7.89. The molecule has 130 valence electrons. The number of benzene rings is 2. The predicted octanol–water partition coefficient (Wildman–Crippen LogP) is 3.59. The molecule has 2 aromatic rings. The molecular weight excluding hydrogens is 318 g/mol. The van der Waals surface area contributed by atoms with Crippen molar-refractivity contribution in [3.8, 4) is 5.75 Å². The summed E-state index contributed by atoms with van der Waals surface area (Å²) in [6.45, 7) is 3.49. The van der Waals surface area contributed by atoms with Gasteiger partial charge >= 0.3 is 5.97 Å². The van der Waals surface area contributed by atoms with E-state index in [2.05, 4.69) is 5.32 Å². The van der Waals surface area contributed by atoms with Gasteiger partial charge in [-0.25, -0.2) is 4.79 Å². The summed E-state index contributed by atoms with van der Waals surface area (Å²) in [6, 6.07) is 14.7. The maximum atomic E-state index is 12.2. The van der Waals surface area contributed by atoms with Crippen molar-refractivity contribution < 1.29 is 19.1 Å². The normalized spacial score (nSPS) is 11.8. The number of hydrogen-bond donors (Lipinski definition) is 1. The van der Waals surface area contributed by atoms with Gasteiger partial charge in [0.25, 0.3) is 5.91 Å². The molecule has 0 aliphatic carbocycles. The van der Waals surface area contributed by atoms with Gasteiger partial charge in [0.2, 0.25) is 0 Å². The van der Waals surface area contributed by atoms with E-state index in [1.165, 1.54) is 20.1 Å². The number of hydrogen-bond acceptors (Lipinski definition) is 4. The summed E-state index contributed by atoms with van der Waals surface area (Å²) in [6.07, 6.45) is 2.03. The highest BCUT2D eigenvalue weighted by Crippen LogP contribution is 2.23. The minimum absolute atomic E-state index is 0.429. The zero-order valence-corrected chi connectivity index (χ0v) is 14.5. The van der Waals surface area contributed by atoms with Crippen LogP contribution in [0.15, 0.2) is 54.6 Å². The number of amides is 1. The largest absolute Gasteiger partial charge is 0.495 e. The quantitative estimate of drug-likeness (QED) is 0.645. The van der Waals surface area contributed by atoms with E-state index in [0.29, 0.717) is 11.4 Å². The molecule has 0 fully saturated rings. The molecule has 0 aromatic heterocycles. The molecule has 1 N–H and O–H groups in total. The lowest BCUT2D eigenvalue weighted by Crippen LogP contribution is -2.29. The van der Waals surface area contributed by atoms with Gasteiger partial charge in [-0.3, -0.25) is 4.79 Å². The van der Waals surface area contributed by atoms with Gasteiger partial charge in [0, 0.05) is 6.08 Å². The van der Waals surface area contributed by atoms with Crippen LogP contribution >= 0.6 is 0 Å². The standard InChI is InChI=1S/C20H21NO4/c1-14-7-6-8-16(13-14)11-12-19(22)25-15(2)20(23)21-17-9-4-5-10-18(17)24-3/h4-13,15H,1-3H3,(H,21,23)/b12-11+/t15-/m1/s1. The fourth-order valence-corrected chi connectivity index (χ4v) is 2.19. The molecule has 0 saturated carbocycles. The minimum Gasteiger partial charge on any atom is -0.495 e. The summed E-state index contributed by atoms with van der Waals surface area (Å²) < 4.78 is 10.3. The first kappa shape index (κ1) is 18.3. The molecule has 0 saturated heterocycles. The van der Waals surface area contributed by atoms with Crippen molar-refractivity contribution in [3.05, 3.63) is 65.7 Å². The molecular formula is C20H21NO4. The van der Waals surface area contributed by atoms with E-state index in [4.69, 9.17) is 9.47 Å². The highest BCUT2D eigenvalue weighted by molar-refractivity contribution is 5.97. The van der Waals surface area contributed by atoms with Gasteiger partial charge in [-0.15, -0.1) is 0 Å². The lowest BCUT2D eigenvalue weighted by Gasteiger charge is -2.14. The van der Waals surface area contributed by atoms with E-state index < -0.39 is 18.0 Å². The van der Waals surface area contributed by atoms with Gasteiger partial charge in [0.15, 0.2) is 6.10 Å². The predicted molar refractivity (Wildman–Crippen MR) is 97.4 cm³/mol. The van der Waals surface area contributed by atoms with E-state index in [9.17, 15) is 9.59 Å². The van der Waals surface area contributed by atoms with Gasteiger partial charge in [-0.1, -0.05) is 42.0 Å². The van der Waals surface area contributed by atoms with Crippen LogP contribution in [0.3, 0.4) is 0 Å². The molecule has 5 heteroatoms. The van der Waals surface area contributed by atoms with Gasteiger partial charge in [-0.2, -0.15) is 0 Å². The second-order valence-electron chi connectivity index (χ2n) is 5.52. The number of methoxy groups -OCH3 is 1. The number of carbonyl (C=O) groups excluding carboxylic acids is 2. The first-order valence-corrected chi connectivity index (χ1v) is 7.89. The number of rotatable bonds is 6. The molecule has 0 unspecified atom stereocenters. The zero-order valence-electron chi connectivity index (χ0n) is 14.5. The van der Waals surface area contributed by atoms with Crippen molar-refractivity contribution in [2.45, 2.75) is 20.0 Å². The van der Waals surface area contributed by atoms with Gasteiger partial charge in [-0.05, 0) is 37.6 Å². The molecule has 2 aromatic carbocycles. The smallest absolute Gasteiger partial charge is 0.331 e. The second kappa shape index (κ2) is 8.68. The third-order valence-corrected chi connectivity index (χ3v) is 3.48. The van der Waals surface area contributed by atoms with Crippen LogP contribution in [0.2, 0.25) is 0 Å². The van der Waals surface area contributed by atoms with Crippen molar-refractivity contribution in [1.29, 1.82) is 0 Å². The van der Waals surface area contributed by atoms with E-state index in [1.807, 2.05) is 31.2 Å². The summed E-state index contributed by atoms with van der Waals surface area (Å²) >= 11 is 0. The van der Waals surface area contributed by atoms with E-state index in [1.54, 1.807) is 30.3 Å². The minimum atomic E-state index is -0.931. The van der Waals surface area contributed by atoms with Crippen LogP contribution in [0.5, 0.6) is 5.75 Å². The Balaban J connectivity index is 1.93. The fourth-order valence-electron chi connectivity index (χ4n) is 2.19. The maximum Gasteiger partial charge on any atom is 0.331 e. The number of carbonyl (C=O) groups is 2. The Bertz CT molecular complexity index is 783. The average Bonchev–Trinajstić information content (AvgIpc) is 2.60. The molecule has 25 heavy (non-hydrogen) atoms. The molecule has 1 amide bonds. The molecule has 2 rings (SSSR count). The van der Waals surface area contributed by atoms with Crippen molar-refractivity contribution in [2.24, 2.45) is 0 Å². The van der Waals surface area contributed by atoms with Crippen molar-refractivity contribution in [1.82, 2.24) is 0 Å². The topological polar surface area (TPSA) is 64.6 Å². The zero-order chi connectivity index (χ0) is 18.2. The molecule has 1 atom stereocenters. The summed E-state index contributed by atoms with van der Waals surface area (Å²) in [5.41, 5.74) is 2.51. The molecule has 0 aliphatic rings. The molecule has 0 radical (unpaired) electrons. The molecule has 0 heterocycles. The molecule has 0 aliphatic heterocycles. The Labute approximate surface area is 147 Å². The SMILES string of the molecule is COc1ccccc1NC(=O)[C@@H](C)OC(=O)/C=C/c1cccc(C)c1. The lowest BCUT2D eigenvalue weighted by molar-refractivity contribution is -0.148. The lowest BCUT2D eigenvalue weighted by atomic mass is 10.1. The third kappa shape index (κ3) is 5.49. The van der Waals surface area contributed by atoms with Crippen LogP contribution in [0, 0.1) is 6.92 Å². The van der Waals surface area contributed by atoms with Crippen LogP contribution < -0.4 is 10.1 Å². The summed E-state index contributed by atoms with van der Waals surface area (Å²) in [5.74, 6) is -0.472. The summed E-state index contributed by atoms with van der Waals surface area (Å²) in [4.78, 5) is 24.0. The Morgan fingerprint density at radius 1 is 1.12 bits per heavy atom. The Morgan fingerprint density at radius 2 is 1.88 bits per heavy atom. The van der Waals surface area contributed by atoms with Crippen LogP contribution in [-0.4, -0.2) is 25.1 Å². The Kier molecular flexibility index (Phi) is 6.34. The summed E-state index contributed by atoms with van der Waals surface area (Å²) in [5, 5.41) is 2.68. The first-order chi connectivity index (χ1) is 12.0. The fraction of sp³-hybridized carbons (Fsp3) is 0.200. The van der Waals surface area contributed by atoms with Crippen LogP contribution in [0.1, 0.15) is 18.1 Å². The Hall–Kier alpha value is -3.08. The van der Waals surface area contributed by atoms with E-state index in [-0.39, 0.29) is 0 Å². The van der Waals surface area contributed by atoms with Gasteiger partial charge in [0.1, 0.15) is 5.75 Å². The second-order valence-corrected chi connectivity index (χ2v) is 5.52. The number of para-hydroxylation sites is 2. The molecule has 5 nitrogen and oxygen atoms in total. The highest BCUT2D eigenvalue weighted by atomic mass is 16.5. The number of ether oxygens (including phenoxy) is 2. The van der Waals surface area contributed by atoms with Gasteiger partial charge < -0.3 is 14.8 Å².